The van der Waals surface area contributed by atoms with Crippen molar-refractivity contribution in [2.24, 2.45) is 0 Å². The second kappa shape index (κ2) is 6.10. The third-order valence-electron chi connectivity index (χ3n) is 4.32. The van der Waals surface area contributed by atoms with Crippen molar-refractivity contribution in [3.05, 3.63) is 79.6 Å². The van der Waals surface area contributed by atoms with Gasteiger partial charge in [0.15, 0.2) is 5.43 Å². The lowest BCUT2D eigenvalue weighted by Crippen LogP contribution is -2.22. The molecule has 0 saturated carbocycles. The highest BCUT2D eigenvalue weighted by Crippen LogP contribution is 2.31. The van der Waals surface area contributed by atoms with Crippen LogP contribution in [0.4, 0.5) is 0 Å². The minimum Gasteiger partial charge on any atom is -0.465 e. The third kappa shape index (κ3) is 2.52. The van der Waals surface area contributed by atoms with Gasteiger partial charge in [-0.3, -0.25) is 9.59 Å². The first kappa shape index (κ1) is 16.5. The van der Waals surface area contributed by atoms with E-state index in [1.807, 2.05) is 0 Å². The van der Waals surface area contributed by atoms with Gasteiger partial charge in [-0.25, -0.2) is 4.79 Å². The molecule has 0 radical (unpaired) electrons. The van der Waals surface area contributed by atoms with Crippen molar-refractivity contribution in [2.45, 2.75) is 6.04 Å². The van der Waals surface area contributed by atoms with E-state index in [0.29, 0.717) is 22.1 Å². The van der Waals surface area contributed by atoms with Crippen molar-refractivity contribution >= 4 is 38.8 Å². The number of benzene rings is 2. The lowest BCUT2D eigenvalue weighted by atomic mass is 9.98. The number of carbonyl (C=O) groups is 2. The van der Waals surface area contributed by atoms with Crippen LogP contribution in [-0.4, -0.2) is 19.0 Å². The molecule has 1 amide bonds. The first-order valence-corrected chi connectivity index (χ1v) is 8.54. The molecule has 7 heteroatoms. The molecule has 1 unspecified atom stereocenters. The van der Waals surface area contributed by atoms with Gasteiger partial charge >= 0.3 is 5.97 Å². The Bertz CT molecular complexity index is 1120. The van der Waals surface area contributed by atoms with Gasteiger partial charge in [-0.15, -0.1) is 0 Å². The molecule has 0 aliphatic carbocycles. The summed E-state index contributed by atoms with van der Waals surface area (Å²) < 4.78 is 11.1. The molecule has 1 N–H and O–H groups in total. The number of methoxy groups -OCH3 is 1. The fraction of sp³-hybridized carbons (Fsp3) is 0.105. The number of halogens is 1. The summed E-state index contributed by atoms with van der Waals surface area (Å²) in [7, 11) is 1.30. The quantitative estimate of drug-likeness (QED) is 0.652. The topological polar surface area (TPSA) is 85.6 Å². The highest BCUT2D eigenvalue weighted by molar-refractivity contribution is 9.10. The van der Waals surface area contributed by atoms with Gasteiger partial charge in [0.1, 0.15) is 5.58 Å². The Balaban J connectivity index is 1.86. The Hall–Kier alpha value is -2.93. The molecule has 2 aromatic carbocycles. The molecule has 2 heterocycles. The van der Waals surface area contributed by atoms with Crippen LogP contribution in [0.2, 0.25) is 0 Å². The summed E-state index contributed by atoms with van der Waals surface area (Å²) in [4.78, 5) is 36.9. The first-order chi connectivity index (χ1) is 12.5. The van der Waals surface area contributed by atoms with Gasteiger partial charge < -0.3 is 14.5 Å². The molecule has 3 aromatic rings. The van der Waals surface area contributed by atoms with Crippen molar-refractivity contribution in [1.82, 2.24) is 5.32 Å². The van der Waals surface area contributed by atoms with Crippen molar-refractivity contribution in [3.8, 4) is 0 Å². The zero-order chi connectivity index (χ0) is 18.4. The molecule has 0 fully saturated rings. The smallest absolute Gasteiger partial charge is 0.337 e. The summed E-state index contributed by atoms with van der Waals surface area (Å²) in [6.45, 7) is 0. The van der Waals surface area contributed by atoms with Crippen LogP contribution >= 0.6 is 15.9 Å². The van der Waals surface area contributed by atoms with Crippen molar-refractivity contribution < 1.29 is 18.7 Å². The number of fused-ring (bicyclic) bond motifs is 2. The minimum atomic E-state index is -0.635. The second-order valence-electron chi connectivity index (χ2n) is 5.83. The Kier molecular flexibility index (Phi) is 3.88. The van der Waals surface area contributed by atoms with Crippen LogP contribution < -0.4 is 10.7 Å². The van der Waals surface area contributed by atoms with Crippen molar-refractivity contribution in [1.29, 1.82) is 0 Å². The summed E-state index contributed by atoms with van der Waals surface area (Å²) in [6, 6.07) is 11.0. The number of nitrogens with one attached hydrogen (secondary N) is 1. The maximum absolute atomic E-state index is 13.0. The van der Waals surface area contributed by atoms with E-state index in [9.17, 15) is 14.4 Å². The van der Waals surface area contributed by atoms with Crippen molar-refractivity contribution in [2.75, 3.05) is 7.11 Å². The number of hydrogen-bond donors (Lipinski definition) is 1. The van der Waals surface area contributed by atoms with Gasteiger partial charge in [-0.05, 0) is 35.9 Å². The average molecular weight is 414 g/mol. The molecule has 26 heavy (non-hydrogen) atoms. The van der Waals surface area contributed by atoms with Gasteiger partial charge in [0.2, 0.25) is 5.76 Å². The minimum absolute atomic E-state index is 0.0202. The molecule has 130 valence electrons. The Morgan fingerprint density at radius 1 is 1.15 bits per heavy atom. The molecule has 1 aliphatic heterocycles. The van der Waals surface area contributed by atoms with E-state index in [0.717, 1.165) is 4.47 Å². The molecule has 1 aliphatic rings. The summed E-state index contributed by atoms with van der Waals surface area (Å²) in [6.07, 6.45) is 0. The summed E-state index contributed by atoms with van der Waals surface area (Å²) >= 11 is 3.34. The van der Waals surface area contributed by atoms with E-state index < -0.39 is 17.9 Å². The monoisotopic (exact) mass is 413 g/mol. The number of rotatable bonds is 2. The normalized spacial score (nSPS) is 15.6. The standard InChI is InChI=1S/C19H12BrNO5/c1-25-19(24)10-4-2-9(3-5-10)15-14-16(22)12-8-11(20)6-7-13(12)26-17(14)18(23)21-15/h2-8,15H,1H3,(H,21,23). The van der Waals surface area contributed by atoms with E-state index in [4.69, 9.17) is 4.42 Å². The predicted molar refractivity (Wildman–Crippen MR) is 97.3 cm³/mol. The van der Waals surface area contributed by atoms with Gasteiger partial charge in [0.05, 0.1) is 29.7 Å². The summed E-state index contributed by atoms with van der Waals surface area (Å²) in [5, 5.41) is 3.16. The zero-order valence-corrected chi connectivity index (χ0v) is 15.1. The molecule has 6 nitrogen and oxygen atoms in total. The van der Waals surface area contributed by atoms with E-state index in [1.165, 1.54) is 7.11 Å². The molecule has 4 rings (SSSR count). The van der Waals surface area contributed by atoms with Crippen molar-refractivity contribution in [3.63, 3.8) is 0 Å². The number of hydrogen-bond acceptors (Lipinski definition) is 5. The predicted octanol–water partition coefficient (Wildman–Crippen LogP) is 3.17. The number of esters is 1. The fourth-order valence-electron chi connectivity index (χ4n) is 3.06. The van der Waals surface area contributed by atoms with Crippen LogP contribution in [-0.2, 0) is 4.74 Å². The van der Waals surface area contributed by atoms with Gasteiger partial charge in [-0.2, -0.15) is 0 Å². The van der Waals surface area contributed by atoms with Crippen LogP contribution in [0, 0.1) is 0 Å². The zero-order valence-electron chi connectivity index (χ0n) is 13.5. The lowest BCUT2D eigenvalue weighted by Gasteiger charge is -2.12. The van der Waals surface area contributed by atoms with Gasteiger partial charge in [0.25, 0.3) is 5.91 Å². The second-order valence-corrected chi connectivity index (χ2v) is 6.75. The largest absolute Gasteiger partial charge is 0.465 e. The van der Waals surface area contributed by atoms with Crippen LogP contribution in [0.1, 0.15) is 38.1 Å². The average Bonchev–Trinajstić information content (AvgIpc) is 2.99. The molecule has 0 saturated heterocycles. The Labute approximate surface area is 155 Å². The van der Waals surface area contributed by atoms with E-state index >= 15 is 0 Å². The number of carbonyl (C=O) groups excluding carboxylic acids is 2. The van der Waals surface area contributed by atoms with Crippen LogP contribution in [0.3, 0.4) is 0 Å². The summed E-state index contributed by atoms with van der Waals surface area (Å²) in [5.74, 6) is -0.876. The maximum Gasteiger partial charge on any atom is 0.337 e. The van der Waals surface area contributed by atoms with E-state index in [1.54, 1.807) is 42.5 Å². The van der Waals surface area contributed by atoms with Crippen LogP contribution in [0.15, 0.2) is 56.1 Å². The molecule has 1 atom stereocenters. The molecule has 0 spiro atoms. The lowest BCUT2D eigenvalue weighted by molar-refractivity contribution is 0.0600. The number of ether oxygens (including phenoxy) is 1. The van der Waals surface area contributed by atoms with Gasteiger partial charge in [0, 0.05) is 4.47 Å². The Morgan fingerprint density at radius 3 is 2.58 bits per heavy atom. The molecule has 1 aromatic heterocycles. The van der Waals surface area contributed by atoms with E-state index in [-0.39, 0.29) is 16.8 Å². The van der Waals surface area contributed by atoms with Crippen LogP contribution in [0.25, 0.3) is 11.0 Å². The number of amides is 1. The molecular formula is C19H12BrNO5. The van der Waals surface area contributed by atoms with Crippen LogP contribution in [0.5, 0.6) is 0 Å². The third-order valence-corrected chi connectivity index (χ3v) is 4.82. The first-order valence-electron chi connectivity index (χ1n) is 7.75. The SMILES string of the molecule is COC(=O)c1ccc(C2NC(=O)c3oc4ccc(Br)cc4c(=O)c32)cc1. The summed E-state index contributed by atoms with van der Waals surface area (Å²) in [5.41, 5.74) is 1.42. The van der Waals surface area contributed by atoms with E-state index in [2.05, 4.69) is 26.0 Å². The highest BCUT2D eigenvalue weighted by Gasteiger charge is 2.35. The highest BCUT2D eigenvalue weighted by atomic mass is 79.9. The fourth-order valence-corrected chi connectivity index (χ4v) is 3.42. The molecular weight excluding hydrogens is 402 g/mol. The molecule has 0 bridgehead atoms. The Morgan fingerprint density at radius 2 is 1.88 bits per heavy atom. The van der Waals surface area contributed by atoms with Gasteiger partial charge in [-0.1, -0.05) is 28.1 Å². The maximum atomic E-state index is 13.0.